The Hall–Kier alpha value is -1.74. The largest absolute Gasteiger partial charge is 0.206 e. The molecule has 166 valence electrons. The Balaban J connectivity index is 1.46. The molecule has 0 radical (unpaired) electrons. The van der Waals surface area contributed by atoms with Crippen LogP contribution in [0.15, 0.2) is 42.5 Å². The van der Waals surface area contributed by atoms with E-state index < -0.39 is 17.5 Å². The second-order valence-electron chi connectivity index (χ2n) is 9.34. The summed E-state index contributed by atoms with van der Waals surface area (Å²) in [6, 6.07) is 6.78. The summed E-state index contributed by atoms with van der Waals surface area (Å²) in [5.41, 5.74) is 0.722. The predicted molar refractivity (Wildman–Crippen MR) is 122 cm³/mol. The van der Waals surface area contributed by atoms with Gasteiger partial charge in [0, 0.05) is 0 Å². The van der Waals surface area contributed by atoms with Gasteiger partial charge in [0.2, 0.25) is 0 Å². The zero-order valence-electron chi connectivity index (χ0n) is 18.0. The third-order valence-corrected chi connectivity index (χ3v) is 7.75. The van der Waals surface area contributed by atoms with Crippen LogP contribution in [0.5, 0.6) is 0 Å². The van der Waals surface area contributed by atoms with Crippen LogP contribution in [0.3, 0.4) is 0 Å². The maximum atomic E-state index is 14.9. The first-order chi connectivity index (χ1) is 15.0. The van der Waals surface area contributed by atoms with Gasteiger partial charge in [-0.25, -0.2) is 13.2 Å². The maximum absolute atomic E-state index is 14.9. The van der Waals surface area contributed by atoms with Gasteiger partial charge >= 0.3 is 0 Å². The van der Waals surface area contributed by atoms with Crippen molar-refractivity contribution in [2.75, 3.05) is 0 Å². The van der Waals surface area contributed by atoms with E-state index in [-0.39, 0.29) is 22.1 Å². The van der Waals surface area contributed by atoms with E-state index in [1.165, 1.54) is 56.4 Å². The highest BCUT2D eigenvalue weighted by molar-refractivity contribution is 6.30. The Bertz CT molecular complexity index is 928. The molecular weight excluding hydrogens is 417 g/mol. The molecule has 0 spiro atoms. The summed E-state index contributed by atoms with van der Waals surface area (Å²) in [5.74, 6) is 0.489. The van der Waals surface area contributed by atoms with Crippen LogP contribution in [0.2, 0.25) is 5.02 Å². The molecule has 31 heavy (non-hydrogen) atoms. The fourth-order valence-electron chi connectivity index (χ4n) is 5.81. The van der Waals surface area contributed by atoms with Crippen molar-refractivity contribution in [2.24, 2.45) is 17.8 Å². The third-order valence-electron chi connectivity index (χ3n) is 7.44. The van der Waals surface area contributed by atoms with E-state index in [2.05, 4.69) is 19.1 Å². The molecule has 0 amide bonds. The summed E-state index contributed by atoms with van der Waals surface area (Å²) in [7, 11) is 0. The van der Waals surface area contributed by atoms with Crippen molar-refractivity contribution in [2.45, 2.75) is 64.2 Å². The van der Waals surface area contributed by atoms with Gasteiger partial charge < -0.3 is 0 Å². The lowest BCUT2D eigenvalue weighted by Gasteiger charge is -2.42. The summed E-state index contributed by atoms with van der Waals surface area (Å²) in [4.78, 5) is 0. The van der Waals surface area contributed by atoms with Crippen LogP contribution in [-0.4, -0.2) is 0 Å². The molecule has 0 bridgehead atoms. The molecule has 4 rings (SSSR count). The zero-order chi connectivity index (χ0) is 22.0. The number of hydrogen-bond acceptors (Lipinski definition) is 0. The van der Waals surface area contributed by atoms with Crippen molar-refractivity contribution in [3.63, 3.8) is 0 Å². The Morgan fingerprint density at radius 2 is 1.61 bits per heavy atom. The van der Waals surface area contributed by atoms with Gasteiger partial charge in [-0.1, -0.05) is 36.2 Å². The lowest BCUT2D eigenvalue weighted by molar-refractivity contribution is 0.115. The third kappa shape index (κ3) is 5.03. The molecule has 0 N–H and O–H groups in total. The van der Waals surface area contributed by atoms with Crippen LogP contribution in [-0.2, 0) is 0 Å². The number of halogens is 4. The summed E-state index contributed by atoms with van der Waals surface area (Å²) >= 11 is 5.71. The highest BCUT2D eigenvalue weighted by Crippen LogP contribution is 2.48. The molecule has 2 aliphatic carbocycles. The van der Waals surface area contributed by atoms with Crippen molar-refractivity contribution in [3.05, 3.63) is 70.5 Å². The molecule has 2 fully saturated rings. The maximum Gasteiger partial charge on any atom is 0.142 e. The molecule has 4 unspecified atom stereocenters. The molecule has 4 atom stereocenters. The number of fused-ring (bicyclic) bond motifs is 1. The van der Waals surface area contributed by atoms with Crippen LogP contribution in [0.1, 0.15) is 69.8 Å². The smallest absolute Gasteiger partial charge is 0.142 e. The SMILES string of the molecule is C/C=C/CCC1CCC2CC(c3cc(F)c(-c4ccc(Cl)c(F)c4)c(F)c3)CCC2C1. The van der Waals surface area contributed by atoms with Gasteiger partial charge in [0.15, 0.2) is 0 Å². The summed E-state index contributed by atoms with van der Waals surface area (Å²) in [6.45, 7) is 2.07. The minimum atomic E-state index is -0.679. The topological polar surface area (TPSA) is 0 Å². The minimum Gasteiger partial charge on any atom is -0.206 e. The Morgan fingerprint density at radius 3 is 2.32 bits per heavy atom. The van der Waals surface area contributed by atoms with Gasteiger partial charge in [-0.2, -0.15) is 0 Å². The van der Waals surface area contributed by atoms with E-state index >= 15 is 0 Å². The first-order valence-electron chi connectivity index (χ1n) is 11.5. The summed E-state index contributed by atoms with van der Waals surface area (Å²) in [5, 5.41) is -0.0607. The Labute approximate surface area is 188 Å². The van der Waals surface area contributed by atoms with E-state index in [1.54, 1.807) is 0 Å². The lowest BCUT2D eigenvalue weighted by Crippen LogP contribution is -2.30. The number of hydrogen-bond donors (Lipinski definition) is 0. The highest BCUT2D eigenvalue weighted by Gasteiger charge is 2.36. The van der Waals surface area contributed by atoms with E-state index in [9.17, 15) is 13.2 Å². The molecular formula is C27H30ClF3. The van der Waals surface area contributed by atoms with Gasteiger partial charge in [-0.05, 0) is 111 Å². The molecule has 2 saturated carbocycles. The zero-order valence-corrected chi connectivity index (χ0v) is 18.8. The van der Waals surface area contributed by atoms with Crippen molar-refractivity contribution in [3.8, 4) is 11.1 Å². The Morgan fingerprint density at radius 1 is 0.903 bits per heavy atom. The van der Waals surface area contributed by atoms with Gasteiger partial charge in [-0.3, -0.25) is 0 Å². The normalized spacial score (nSPS) is 26.2. The minimum absolute atomic E-state index is 0.0607. The van der Waals surface area contributed by atoms with Gasteiger partial charge in [0.25, 0.3) is 0 Å². The quantitative estimate of drug-likeness (QED) is 0.401. The van der Waals surface area contributed by atoms with E-state index in [0.29, 0.717) is 5.92 Å². The van der Waals surface area contributed by atoms with Gasteiger partial charge in [0.05, 0.1) is 10.6 Å². The monoisotopic (exact) mass is 446 g/mol. The first-order valence-corrected chi connectivity index (χ1v) is 11.9. The average molecular weight is 447 g/mol. The second-order valence-corrected chi connectivity index (χ2v) is 9.75. The molecule has 2 aromatic carbocycles. The van der Waals surface area contributed by atoms with Crippen LogP contribution in [0.4, 0.5) is 13.2 Å². The first kappa shape index (κ1) is 22.5. The van der Waals surface area contributed by atoms with E-state index in [1.807, 2.05) is 0 Å². The van der Waals surface area contributed by atoms with Gasteiger partial charge in [0.1, 0.15) is 17.5 Å². The molecule has 2 aliphatic rings. The number of allylic oxidation sites excluding steroid dienone is 2. The van der Waals surface area contributed by atoms with Crippen LogP contribution < -0.4 is 0 Å². The second kappa shape index (κ2) is 9.81. The fourth-order valence-corrected chi connectivity index (χ4v) is 5.92. The van der Waals surface area contributed by atoms with Crippen molar-refractivity contribution >= 4 is 11.6 Å². The molecule has 0 heterocycles. The molecule has 2 aromatic rings. The summed E-state index contributed by atoms with van der Waals surface area (Å²) < 4.78 is 43.6. The molecule has 0 aromatic heterocycles. The Kier molecular flexibility index (Phi) is 7.11. The lowest BCUT2D eigenvalue weighted by atomic mass is 9.63. The molecule has 0 saturated heterocycles. The van der Waals surface area contributed by atoms with Crippen LogP contribution in [0.25, 0.3) is 11.1 Å². The van der Waals surface area contributed by atoms with Crippen molar-refractivity contribution in [1.29, 1.82) is 0 Å². The van der Waals surface area contributed by atoms with Crippen LogP contribution >= 0.6 is 11.6 Å². The van der Waals surface area contributed by atoms with E-state index in [0.717, 1.165) is 42.7 Å². The predicted octanol–water partition coefficient (Wildman–Crippen LogP) is 9.08. The van der Waals surface area contributed by atoms with E-state index in [4.69, 9.17) is 11.6 Å². The van der Waals surface area contributed by atoms with Crippen molar-refractivity contribution in [1.82, 2.24) is 0 Å². The van der Waals surface area contributed by atoms with Gasteiger partial charge in [-0.15, -0.1) is 0 Å². The highest BCUT2D eigenvalue weighted by atomic mass is 35.5. The standard InChI is InChI=1S/C27H30ClF3/c1-2-3-4-5-17-6-7-19-13-20(9-8-18(19)12-17)22-15-25(30)27(26(31)16-22)21-10-11-23(28)24(29)14-21/h2-3,10-11,14-20H,4-9,12-13H2,1H3/b3-2+. The average Bonchev–Trinajstić information content (AvgIpc) is 2.75. The number of benzene rings is 2. The summed E-state index contributed by atoms with van der Waals surface area (Å²) in [6.07, 6.45) is 13.8. The van der Waals surface area contributed by atoms with Crippen LogP contribution in [0, 0.1) is 35.2 Å². The fraction of sp³-hybridized carbons (Fsp3) is 0.481. The number of rotatable bonds is 5. The molecule has 4 heteroatoms. The molecule has 0 aliphatic heterocycles. The molecule has 0 nitrogen and oxygen atoms in total. The van der Waals surface area contributed by atoms with Crippen molar-refractivity contribution < 1.29 is 13.2 Å².